The van der Waals surface area contributed by atoms with E-state index in [-0.39, 0.29) is 21.4 Å². The van der Waals surface area contributed by atoms with Gasteiger partial charge < -0.3 is 18.4 Å². The maximum absolute atomic E-state index is 12.7. The molecule has 3 aromatic rings. The number of amides is 1. The van der Waals surface area contributed by atoms with Gasteiger partial charge in [0.1, 0.15) is 4.90 Å². The van der Waals surface area contributed by atoms with Gasteiger partial charge in [-0.15, -0.1) is 0 Å². The number of rotatable bonds is 12. The van der Waals surface area contributed by atoms with Crippen LogP contribution in [0.25, 0.3) is 0 Å². The first-order valence-electron chi connectivity index (χ1n) is 11.8. The lowest BCUT2D eigenvalue weighted by Crippen LogP contribution is -2.18. The molecule has 0 fully saturated rings. The molecule has 0 spiro atoms. The second-order valence-corrected chi connectivity index (χ2v) is 9.98. The molecule has 1 amide bonds. The van der Waals surface area contributed by atoms with Gasteiger partial charge in [-0.2, -0.15) is 13.5 Å². The molecule has 1 N–H and O–H groups in total. The minimum atomic E-state index is -4.15. The van der Waals surface area contributed by atoms with E-state index in [1.54, 1.807) is 30.3 Å². The quantitative estimate of drug-likeness (QED) is 0.180. The fourth-order valence-corrected chi connectivity index (χ4v) is 4.50. The summed E-state index contributed by atoms with van der Waals surface area (Å²) >= 11 is 6.32. The monoisotopic (exact) mass is 560 g/mol. The van der Waals surface area contributed by atoms with Gasteiger partial charge in [0.25, 0.3) is 5.91 Å². The van der Waals surface area contributed by atoms with Crippen LogP contribution in [0.2, 0.25) is 5.02 Å². The lowest BCUT2D eigenvalue weighted by Gasteiger charge is -2.13. The molecule has 0 saturated carbocycles. The number of nitrogens with one attached hydrogen (secondary N) is 1. The topological polar surface area (TPSA) is 113 Å². The number of hydrazone groups is 1. The van der Waals surface area contributed by atoms with E-state index in [9.17, 15) is 13.2 Å². The molecular weight excluding hydrogens is 532 g/mol. The molecule has 0 heterocycles. The minimum Gasteiger partial charge on any atom is -0.493 e. The van der Waals surface area contributed by atoms with Gasteiger partial charge in [-0.05, 0) is 68.3 Å². The number of nitrogens with zero attached hydrogens (tertiary/aromatic N) is 1. The maximum atomic E-state index is 12.7. The zero-order valence-corrected chi connectivity index (χ0v) is 23.1. The van der Waals surface area contributed by atoms with Crippen LogP contribution in [-0.2, 0) is 10.1 Å². The first-order valence-corrected chi connectivity index (χ1v) is 13.6. The first-order chi connectivity index (χ1) is 18.2. The van der Waals surface area contributed by atoms with Crippen LogP contribution in [0.3, 0.4) is 0 Å². The number of aryl methyl sites for hydroxylation is 1. The van der Waals surface area contributed by atoms with Gasteiger partial charge in [-0.1, -0.05) is 36.2 Å². The molecule has 3 rings (SSSR count). The number of ether oxygens (including phenoxy) is 3. The summed E-state index contributed by atoms with van der Waals surface area (Å²) in [5, 5.41) is 3.96. The average molecular weight is 561 g/mol. The van der Waals surface area contributed by atoms with Crippen molar-refractivity contribution in [2.24, 2.45) is 5.10 Å². The second-order valence-electron chi connectivity index (χ2n) is 8.03. The van der Waals surface area contributed by atoms with Crippen molar-refractivity contribution in [3.05, 3.63) is 76.3 Å². The molecule has 0 unspecified atom stereocenters. The van der Waals surface area contributed by atoms with Gasteiger partial charge in [-0.25, -0.2) is 5.43 Å². The normalized spacial score (nSPS) is 11.3. The lowest BCUT2D eigenvalue weighted by molar-refractivity contribution is 0.0954. The summed E-state index contributed by atoms with van der Waals surface area (Å²) in [5.74, 6) is 0.466. The van der Waals surface area contributed by atoms with Crippen molar-refractivity contribution in [3.8, 4) is 23.0 Å². The molecule has 9 nitrogen and oxygen atoms in total. The van der Waals surface area contributed by atoms with E-state index < -0.39 is 16.0 Å². The van der Waals surface area contributed by atoms with E-state index in [0.717, 1.165) is 12.0 Å². The van der Waals surface area contributed by atoms with E-state index in [1.807, 2.05) is 20.8 Å². The van der Waals surface area contributed by atoms with Crippen molar-refractivity contribution in [2.45, 2.75) is 32.1 Å². The third-order valence-corrected chi connectivity index (χ3v) is 6.62. The van der Waals surface area contributed by atoms with E-state index >= 15 is 0 Å². The van der Waals surface area contributed by atoms with Crippen molar-refractivity contribution in [3.63, 3.8) is 0 Å². The van der Waals surface area contributed by atoms with Crippen molar-refractivity contribution >= 4 is 33.8 Å². The Kier molecular flexibility index (Phi) is 9.98. The third kappa shape index (κ3) is 7.39. The number of benzene rings is 3. The molecule has 11 heteroatoms. The van der Waals surface area contributed by atoms with E-state index in [1.165, 1.54) is 37.6 Å². The smallest absolute Gasteiger partial charge is 0.339 e. The predicted octanol–water partition coefficient (Wildman–Crippen LogP) is 5.38. The van der Waals surface area contributed by atoms with Crippen LogP contribution in [0.15, 0.2) is 64.6 Å². The SMILES string of the molecule is CCCOc1ccc(C(=O)N/N=C/c2cc(Cl)c(OS(=O)(=O)c3ccc(C)cc3)c(OC)c2)cc1OCC. The molecule has 0 aliphatic carbocycles. The Balaban J connectivity index is 1.75. The Morgan fingerprint density at radius 3 is 2.39 bits per heavy atom. The molecule has 0 aliphatic heterocycles. The van der Waals surface area contributed by atoms with Crippen molar-refractivity contribution in [1.29, 1.82) is 0 Å². The van der Waals surface area contributed by atoms with E-state index in [0.29, 0.717) is 35.8 Å². The Morgan fingerprint density at radius 1 is 1.00 bits per heavy atom. The number of carbonyl (C=O) groups is 1. The zero-order chi connectivity index (χ0) is 27.7. The van der Waals surface area contributed by atoms with Crippen LogP contribution in [0.4, 0.5) is 0 Å². The molecule has 0 bridgehead atoms. The van der Waals surface area contributed by atoms with Crippen LogP contribution in [-0.4, -0.2) is 40.9 Å². The number of hydrogen-bond donors (Lipinski definition) is 1. The van der Waals surface area contributed by atoms with Crippen LogP contribution >= 0.6 is 11.6 Å². The highest BCUT2D eigenvalue weighted by molar-refractivity contribution is 7.87. The first kappa shape index (κ1) is 28.8. The predicted molar refractivity (Wildman–Crippen MR) is 145 cm³/mol. The average Bonchev–Trinajstić information content (AvgIpc) is 2.89. The van der Waals surface area contributed by atoms with Crippen LogP contribution in [0, 0.1) is 6.92 Å². The molecule has 0 radical (unpaired) electrons. The highest BCUT2D eigenvalue weighted by Gasteiger charge is 2.22. The van der Waals surface area contributed by atoms with Gasteiger partial charge in [0.05, 0.1) is 31.6 Å². The Hall–Kier alpha value is -3.76. The molecule has 38 heavy (non-hydrogen) atoms. The summed E-state index contributed by atoms with van der Waals surface area (Å²) in [6.45, 7) is 6.63. The van der Waals surface area contributed by atoms with Gasteiger partial charge in [0.2, 0.25) is 5.75 Å². The highest BCUT2D eigenvalue weighted by Crippen LogP contribution is 2.38. The number of halogens is 1. The van der Waals surface area contributed by atoms with Crippen molar-refractivity contribution in [2.75, 3.05) is 20.3 Å². The van der Waals surface area contributed by atoms with Gasteiger partial charge in [-0.3, -0.25) is 4.79 Å². The fraction of sp³-hybridized carbons (Fsp3) is 0.259. The Labute approximate surface area is 227 Å². The Morgan fingerprint density at radius 2 is 1.74 bits per heavy atom. The molecule has 0 atom stereocenters. The molecule has 202 valence electrons. The zero-order valence-electron chi connectivity index (χ0n) is 21.5. The molecule has 3 aromatic carbocycles. The number of hydrogen-bond acceptors (Lipinski definition) is 8. The Bertz CT molecular complexity index is 1410. The van der Waals surface area contributed by atoms with Gasteiger partial charge >= 0.3 is 10.1 Å². The van der Waals surface area contributed by atoms with Gasteiger partial charge in [0, 0.05) is 5.56 Å². The molecule has 0 aromatic heterocycles. The van der Waals surface area contributed by atoms with E-state index in [4.69, 9.17) is 30.0 Å². The minimum absolute atomic E-state index is 0.0168. The molecule has 0 saturated heterocycles. The summed E-state index contributed by atoms with van der Waals surface area (Å²) in [6.07, 6.45) is 2.18. The standard InChI is InChI=1S/C27H29ClN2O7S/c1-5-13-36-23-12-9-20(16-24(23)35-6-2)27(31)30-29-17-19-14-22(28)26(25(15-19)34-4)37-38(32,33)21-10-7-18(3)8-11-21/h7-12,14-17H,5-6,13H2,1-4H3,(H,30,31)/b29-17+. The second kappa shape index (κ2) is 13.2. The highest BCUT2D eigenvalue weighted by atomic mass is 35.5. The summed E-state index contributed by atoms with van der Waals surface area (Å²) in [4.78, 5) is 12.6. The third-order valence-electron chi connectivity index (χ3n) is 5.10. The molecule has 0 aliphatic rings. The van der Waals surface area contributed by atoms with Crippen molar-refractivity contribution in [1.82, 2.24) is 5.43 Å². The largest absolute Gasteiger partial charge is 0.493 e. The summed E-state index contributed by atoms with van der Waals surface area (Å²) < 4.78 is 47.2. The lowest BCUT2D eigenvalue weighted by atomic mass is 10.2. The van der Waals surface area contributed by atoms with Crippen LogP contribution in [0.1, 0.15) is 41.8 Å². The maximum Gasteiger partial charge on any atom is 0.339 e. The summed E-state index contributed by atoms with van der Waals surface area (Å²) in [6, 6.07) is 14.0. The number of carbonyl (C=O) groups excluding carboxylic acids is 1. The van der Waals surface area contributed by atoms with E-state index in [2.05, 4.69) is 10.5 Å². The summed E-state index contributed by atoms with van der Waals surface area (Å²) in [7, 11) is -2.80. The number of methoxy groups -OCH3 is 1. The van der Waals surface area contributed by atoms with Crippen LogP contribution < -0.4 is 23.8 Å². The fourth-order valence-electron chi connectivity index (χ4n) is 3.24. The molecular formula is C27H29ClN2O7S. The van der Waals surface area contributed by atoms with Crippen molar-refractivity contribution < 1.29 is 31.6 Å². The van der Waals surface area contributed by atoms with Crippen LogP contribution in [0.5, 0.6) is 23.0 Å². The van der Waals surface area contributed by atoms with Gasteiger partial charge in [0.15, 0.2) is 17.2 Å². The summed E-state index contributed by atoms with van der Waals surface area (Å²) in [5.41, 5.74) is 4.11.